The molecule has 0 spiro atoms. The minimum atomic E-state index is -4.70. The van der Waals surface area contributed by atoms with E-state index in [9.17, 15) is 13.2 Å². The average Bonchev–Trinajstić information content (AvgIpc) is 2.89. The SMILES string of the molecule is Nc1nc2c(s1)C(c1ccc(OC(F)(F)F)c(Br)c1)CC2. The maximum atomic E-state index is 12.3. The van der Waals surface area contributed by atoms with Crippen molar-refractivity contribution in [3.8, 4) is 5.75 Å². The summed E-state index contributed by atoms with van der Waals surface area (Å²) in [6, 6.07) is 4.65. The molecule has 112 valence electrons. The Labute approximate surface area is 131 Å². The fourth-order valence-electron chi connectivity index (χ4n) is 2.51. The number of halogens is 4. The monoisotopic (exact) mass is 378 g/mol. The molecule has 1 aromatic heterocycles. The van der Waals surface area contributed by atoms with Gasteiger partial charge in [-0.05, 0) is 46.5 Å². The van der Waals surface area contributed by atoms with Gasteiger partial charge in [-0.1, -0.05) is 6.07 Å². The van der Waals surface area contributed by atoms with E-state index >= 15 is 0 Å². The lowest BCUT2D eigenvalue weighted by Gasteiger charge is -2.14. The number of aromatic nitrogens is 1. The van der Waals surface area contributed by atoms with Crippen molar-refractivity contribution < 1.29 is 17.9 Å². The molecule has 2 aromatic rings. The summed E-state index contributed by atoms with van der Waals surface area (Å²) in [5.74, 6) is -0.112. The third-order valence-electron chi connectivity index (χ3n) is 3.31. The highest BCUT2D eigenvalue weighted by Crippen LogP contribution is 2.43. The van der Waals surface area contributed by atoms with Crippen LogP contribution in [0.3, 0.4) is 0 Å². The number of hydrogen-bond acceptors (Lipinski definition) is 4. The lowest BCUT2D eigenvalue weighted by atomic mass is 9.98. The largest absolute Gasteiger partial charge is 0.573 e. The second-order valence-electron chi connectivity index (χ2n) is 4.69. The van der Waals surface area contributed by atoms with Crippen LogP contribution in [-0.4, -0.2) is 11.3 Å². The first-order valence-electron chi connectivity index (χ1n) is 6.14. The molecule has 3 rings (SSSR count). The predicted octanol–water partition coefficient (Wildman–Crippen LogP) is 4.46. The van der Waals surface area contributed by atoms with E-state index in [1.54, 1.807) is 12.1 Å². The molecule has 2 N–H and O–H groups in total. The molecule has 0 radical (unpaired) electrons. The molecule has 3 nitrogen and oxygen atoms in total. The maximum absolute atomic E-state index is 12.3. The first-order valence-corrected chi connectivity index (χ1v) is 7.74. The number of ether oxygens (including phenoxy) is 1. The summed E-state index contributed by atoms with van der Waals surface area (Å²) < 4.78 is 41.0. The van der Waals surface area contributed by atoms with E-state index in [0.29, 0.717) is 5.13 Å². The number of nitrogens with zero attached hydrogens (tertiary/aromatic N) is 1. The second-order valence-corrected chi connectivity index (χ2v) is 6.61. The van der Waals surface area contributed by atoms with Crippen LogP contribution in [0.4, 0.5) is 18.3 Å². The minimum absolute atomic E-state index is 0.131. The van der Waals surface area contributed by atoms with Crippen LogP contribution in [0, 0.1) is 0 Å². The van der Waals surface area contributed by atoms with Gasteiger partial charge in [-0.15, -0.1) is 24.5 Å². The van der Waals surface area contributed by atoms with E-state index in [1.165, 1.54) is 17.4 Å². The molecule has 0 bridgehead atoms. The Morgan fingerprint density at radius 3 is 2.81 bits per heavy atom. The number of aryl methyl sites for hydroxylation is 1. The zero-order chi connectivity index (χ0) is 15.2. The van der Waals surface area contributed by atoms with Gasteiger partial charge < -0.3 is 10.5 Å². The van der Waals surface area contributed by atoms with Gasteiger partial charge in [0.25, 0.3) is 0 Å². The molecule has 0 saturated heterocycles. The number of alkyl halides is 3. The first kappa shape index (κ1) is 14.6. The van der Waals surface area contributed by atoms with Gasteiger partial charge in [0.15, 0.2) is 5.13 Å². The fourth-order valence-corrected chi connectivity index (χ4v) is 4.03. The Morgan fingerprint density at radius 1 is 1.38 bits per heavy atom. The lowest BCUT2D eigenvalue weighted by Crippen LogP contribution is -2.17. The molecule has 1 unspecified atom stereocenters. The molecule has 0 aliphatic heterocycles. The second kappa shape index (κ2) is 5.17. The number of hydrogen-bond donors (Lipinski definition) is 1. The minimum Gasteiger partial charge on any atom is -0.405 e. The van der Waals surface area contributed by atoms with Crippen LogP contribution < -0.4 is 10.5 Å². The van der Waals surface area contributed by atoms with Gasteiger partial charge in [-0.2, -0.15) is 0 Å². The number of anilines is 1. The number of nitrogens with two attached hydrogens (primary N) is 1. The van der Waals surface area contributed by atoms with Gasteiger partial charge in [-0.3, -0.25) is 0 Å². The summed E-state index contributed by atoms with van der Waals surface area (Å²) in [5, 5.41) is 0.529. The van der Waals surface area contributed by atoms with Gasteiger partial charge in [0.05, 0.1) is 10.2 Å². The van der Waals surface area contributed by atoms with Crippen molar-refractivity contribution in [2.24, 2.45) is 0 Å². The summed E-state index contributed by atoms with van der Waals surface area (Å²) in [7, 11) is 0. The van der Waals surface area contributed by atoms with Crippen LogP contribution in [0.1, 0.15) is 28.5 Å². The molecule has 21 heavy (non-hydrogen) atoms. The van der Waals surface area contributed by atoms with Crippen molar-refractivity contribution in [1.82, 2.24) is 4.98 Å². The van der Waals surface area contributed by atoms with E-state index in [0.717, 1.165) is 29.0 Å². The smallest absolute Gasteiger partial charge is 0.405 e. The molecular formula is C13H10BrF3N2OS. The molecule has 0 amide bonds. The number of rotatable bonds is 2. The highest BCUT2D eigenvalue weighted by molar-refractivity contribution is 9.10. The summed E-state index contributed by atoms with van der Waals surface area (Å²) in [5.41, 5.74) is 7.63. The number of fused-ring (bicyclic) bond motifs is 1. The topological polar surface area (TPSA) is 48.1 Å². The van der Waals surface area contributed by atoms with Crippen molar-refractivity contribution in [2.45, 2.75) is 25.1 Å². The van der Waals surface area contributed by atoms with Gasteiger partial charge in [0.1, 0.15) is 5.75 Å². The zero-order valence-corrected chi connectivity index (χ0v) is 13.0. The Kier molecular flexibility index (Phi) is 3.61. The van der Waals surface area contributed by atoms with Crippen molar-refractivity contribution >= 4 is 32.4 Å². The normalized spacial score (nSPS) is 17.8. The van der Waals surface area contributed by atoms with Crippen molar-refractivity contribution in [2.75, 3.05) is 5.73 Å². The average molecular weight is 379 g/mol. The quantitative estimate of drug-likeness (QED) is 0.838. The molecule has 0 saturated carbocycles. The van der Waals surface area contributed by atoms with Crippen molar-refractivity contribution in [1.29, 1.82) is 0 Å². The molecule has 1 aromatic carbocycles. The standard InChI is InChI=1S/C13H10BrF3N2OS/c14-8-5-6(1-4-10(8)20-13(15,16)17)7-2-3-9-11(7)21-12(18)19-9/h1,4-5,7H,2-3H2,(H2,18,19). The molecule has 8 heteroatoms. The van der Waals surface area contributed by atoms with Gasteiger partial charge in [0.2, 0.25) is 0 Å². The molecule has 1 atom stereocenters. The van der Waals surface area contributed by atoms with Gasteiger partial charge >= 0.3 is 6.36 Å². The summed E-state index contributed by atoms with van der Waals surface area (Å²) in [6.07, 6.45) is -2.97. The summed E-state index contributed by atoms with van der Waals surface area (Å²) in [4.78, 5) is 5.37. The zero-order valence-electron chi connectivity index (χ0n) is 10.6. The highest BCUT2D eigenvalue weighted by atomic mass is 79.9. The van der Waals surface area contributed by atoms with Gasteiger partial charge in [0, 0.05) is 10.8 Å². The highest BCUT2D eigenvalue weighted by Gasteiger charge is 2.33. The van der Waals surface area contributed by atoms with E-state index in [1.807, 2.05) is 0 Å². The first-order chi connectivity index (χ1) is 9.83. The Morgan fingerprint density at radius 2 is 2.14 bits per heavy atom. The van der Waals surface area contributed by atoms with E-state index in [4.69, 9.17) is 5.73 Å². The van der Waals surface area contributed by atoms with Crippen LogP contribution in [0.15, 0.2) is 22.7 Å². The Hall–Kier alpha value is -1.28. The third kappa shape index (κ3) is 3.01. The number of thiazole rings is 1. The van der Waals surface area contributed by atoms with E-state index < -0.39 is 6.36 Å². The molecule has 1 aliphatic rings. The maximum Gasteiger partial charge on any atom is 0.573 e. The third-order valence-corrected chi connectivity index (χ3v) is 4.97. The fraction of sp³-hybridized carbons (Fsp3) is 0.308. The van der Waals surface area contributed by atoms with Crippen LogP contribution >= 0.6 is 27.3 Å². The van der Waals surface area contributed by atoms with Crippen molar-refractivity contribution in [3.05, 3.63) is 38.8 Å². The van der Waals surface area contributed by atoms with Crippen LogP contribution in [0.5, 0.6) is 5.75 Å². The molecule has 1 heterocycles. The number of nitrogen functional groups attached to an aromatic ring is 1. The number of benzene rings is 1. The summed E-state index contributed by atoms with van der Waals surface area (Å²) in [6.45, 7) is 0. The molecule has 0 fully saturated rings. The summed E-state index contributed by atoms with van der Waals surface area (Å²) >= 11 is 4.57. The predicted molar refractivity (Wildman–Crippen MR) is 77.5 cm³/mol. The Balaban J connectivity index is 1.89. The van der Waals surface area contributed by atoms with Crippen LogP contribution in [0.2, 0.25) is 0 Å². The Bertz CT molecular complexity index is 687. The molecular weight excluding hydrogens is 369 g/mol. The molecule has 1 aliphatic carbocycles. The van der Waals surface area contributed by atoms with Crippen molar-refractivity contribution in [3.63, 3.8) is 0 Å². The van der Waals surface area contributed by atoms with Gasteiger partial charge in [-0.25, -0.2) is 4.98 Å². The van der Waals surface area contributed by atoms with E-state index in [-0.39, 0.29) is 16.1 Å². The van der Waals surface area contributed by atoms with Crippen LogP contribution in [0.25, 0.3) is 0 Å². The van der Waals surface area contributed by atoms with Crippen LogP contribution in [-0.2, 0) is 6.42 Å². The van der Waals surface area contributed by atoms with E-state index in [2.05, 4.69) is 25.7 Å². The lowest BCUT2D eigenvalue weighted by molar-refractivity contribution is -0.274.